The molecule has 2 aliphatic heterocycles. The van der Waals surface area contributed by atoms with Crippen LogP contribution in [0.5, 0.6) is 0 Å². The van der Waals surface area contributed by atoms with Crippen molar-refractivity contribution in [1.29, 1.82) is 0 Å². The van der Waals surface area contributed by atoms with Crippen LogP contribution in [0.1, 0.15) is 31.4 Å². The normalized spacial score (nSPS) is 30.4. The molecule has 2 aliphatic rings. The standard InChI is InChI=1S/C17H23NO4/c1-12-16(13-6-4-3-5-7-13)18-14(10-15(19)20-2)11-17(12)21-8-9-22-17/h3-7,12,14,16,18H,8-11H2,1-2H3/t12-,14+,16+/m1/s1. The van der Waals surface area contributed by atoms with Crippen LogP contribution in [0.4, 0.5) is 0 Å². The van der Waals surface area contributed by atoms with Crippen molar-refractivity contribution in [3.05, 3.63) is 35.9 Å². The number of methoxy groups -OCH3 is 1. The fraction of sp³-hybridized carbons (Fsp3) is 0.588. The summed E-state index contributed by atoms with van der Waals surface area (Å²) in [6, 6.07) is 10.3. The van der Waals surface area contributed by atoms with Crippen molar-refractivity contribution in [2.75, 3.05) is 20.3 Å². The van der Waals surface area contributed by atoms with Gasteiger partial charge in [-0.15, -0.1) is 0 Å². The fourth-order valence-electron chi connectivity index (χ4n) is 3.55. The lowest BCUT2D eigenvalue weighted by molar-refractivity contribution is -0.221. The topological polar surface area (TPSA) is 56.8 Å². The fourth-order valence-corrected chi connectivity index (χ4v) is 3.55. The van der Waals surface area contributed by atoms with Crippen molar-refractivity contribution >= 4 is 5.97 Å². The van der Waals surface area contributed by atoms with Gasteiger partial charge in [-0.3, -0.25) is 4.79 Å². The molecule has 0 saturated carbocycles. The smallest absolute Gasteiger partial charge is 0.307 e. The third-order valence-electron chi connectivity index (χ3n) is 4.72. The number of benzene rings is 1. The molecule has 1 spiro atoms. The van der Waals surface area contributed by atoms with Gasteiger partial charge in [-0.05, 0) is 5.56 Å². The summed E-state index contributed by atoms with van der Waals surface area (Å²) in [6.07, 6.45) is 0.980. The van der Waals surface area contributed by atoms with Gasteiger partial charge in [0.15, 0.2) is 5.79 Å². The van der Waals surface area contributed by atoms with Gasteiger partial charge < -0.3 is 19.5 Å². The molecule has 5 nitrogen and oxygen atoms in total. The van der Waals surface area contributed by atoms with Gasteiger partial charge in [0.1, 0.15) is 0 Å². The lowest BCUT2D eigenvalue weighted by Crippen LogP contribution is -2.56. The summed E-state index contributed by atoms with van der Waals surface area (Å²) in [5.41, 5.74) is 1.18. The second-order valence-electron chi connectivity index (χ2n) is 6.03. The first-order chi connectivity index (χ1) is 10.6. The van der Waals surface area contributed by atoms with Gasteiger partial charge in [-0.1, -0.05) is 37.3 Å². The van der Waals surface area contributed by atoms with Crippen LogP contribution in [0.15, 0.2) is 30.3 Å². The van der Waals surface area contributed by atoms with Gasteiger partial charge >= 0.3 is 5.97 Å². The summed E-state index contributed by atoms with van der Waals surface area (Å²) in [4.78, 5) is 11.7. The van der Waals surface area contributed by atoms with Gasteiger partial charge in [-0.2, -0.15) is 0 Å². The molecule has 1 aromatic rings. The molecule has 1 N–H and O–H groups in total. The van der Waals surface area contributed by atoms with Gasteiger partial charge in [0, 0.05) is 24.4 Å². The molecule has 0 aliphatic carbocycles. The average molecular weight is 305 g/mol. The summed E-state index contributed by atoms with van der Waals surface area (Å²) >= 11 is 0. The minimum absolute atomic E-state index is 0.0213. The van der Waals surface area contributed by atoms with Crippen molar-refractivity contribution in [2.45, 2.75) is 37.6 Å². The van der Waals surface area contributed by atoms with E-state index in [1.54, 1.807) is 0 Å². The zero-order chi connectivity index (χ0) is 15.6. The van der Waals surface area contributed by atoms with Crippen LogP contribution >= 0.6 is 0 Å². The Morgan fingerprint density at radius 1 is 1.32 bits per heavy atom. The van der Waals surface area contributed by atoms with Crippen LogP contribution in [0.25, 0.3) is 0 Å². The molecule has 0 bridgehead atoms. The molecule has 0 unspecified atom stereocenters. The zero-order valence-corrected chi connectivity index (χ0v) is 13.1. The van der Waals surface area contributed by atoms with Gasteiger partial charge in [0.05, 0.1) is 26.7 Å². The molecule has 0 radical (unpaired) electrons. The Hall–Kier alpha value is -1.43. The second-order valence-corrected chi connectivity index (χ2v) is 6.03. The Balaban J connectivity index is 1.86. The van der Waals surface area contributed by atoms with Crippen molar-refractivity contribution in [1.82, 2.24) is 5.32 Å². The van der Waals surface area contributed by atoms with Gasteiger partial charge in [-0.25, -0.2) is 0 Å². The predicted octanol–water partition coefficient (Wildman–Crippen LogP) is 2.03. The first-order valence-corrected chi connectivity index (χ1v) is 7.80. The highest BCUT2D eigenvalue weighted by molar-refractivity contribution is 5.70. The second kappa shape index (κ2) is 6.36. The molecule has 2 fully saturated rings. The summed E-state index contributed by atoms with van der Waals surface area (Å²) in [5, 5.41) is 3.58. The molecule has 1 aromatic carbocycles. The van der Waals surface area contributed by atoms with Gasteiger partial charge in [0.25, 0.3) is 0 Å². The highest BCUT2D eigenvalue weighted by atomic mass is 16.7. The monoisotopic (exact) mass is 305 g/mol. The Morgan fingerprint density at radius 3 is 2.64 bits per heavy atom. The van der Waals surface area contributed by atoms with E-state index in [2.05, 4.69) is 24.4 Å². The van der Waals surface area contributed by atoms with E-state index >= 15 is 0 Å². The Bertz CT molecular complexity index is 513. The maximum Gasteiger partial charge on any atom is 0.307 e. The van der Waals surface area contributed by atoms with E-state index in [9.17, 15) is 4.79 Å². The van der Waals surface area contributed by atoms with Crippen LogP contribution in [-0.4, -0.2) is 38.1 Å². The molecule has 22 heavy (non-hydrogen) atoms. The van der Waals surface area contributed by atoms with Crippen LogP contribution in [0, 0.1) is 5.92 Å². The molecule has 2 saturated heterocycles. The van der Waals surface area contributed by atoms with E-state index in [1.165, 1.54) is 12.7 Å². The number of piperidine rings is 1. The number of carbonyl (C=O) groups is 1. The largest absolute Gasteiger partial charge is 0.469 e. The summed E-state index contributed by atoms with van der Waals surface area (Å²) < 4.78 is 16.8. The van der Waals surface area contributed by atoms with E-state index in [4.69, 9.17) is 14.2 Å². The van der Waals surface area contributed by atoms with Gasteiger partial charge in [0.2, 0.25) is 0 Å². The van der Waals surface area contributed by atoms with Crippen molar-refractivity contribution in [2.24, 2.45) is 5.92 Å². The molecule has 5 heteroatoms. The summed E-state index contributed by atoms with van der Waals surface area (Å²) in [6.45, 7) is 3.36. The number of carbonyl (C=O) groups excluding carboxylic acids is 1. The minimum Gasteiger partial charge on any atom is -0.469 e. The van der Waals surface area contributed by atoms with Crippen molar-refractivity contribution in [3.63, 3.8) is 0 Å². The number of hydrogen-bond acceptors (Lipinski definition) is 5. The van der Waals surface area contributed by atoms with E-state index in [-0.39, 0.29) is 24.0 Å². The maximum absolute atomic E-state index is 11.7. The zero-order valence-electron chi connectivity index (χ0n) is 13.1. The lowest BCUT2D eigenvalue weighted by Gasteiger charge is -2.46. The molecule has 120 valence electrons. The van der Waals surface area contributed by atoms with E-state index in [0.717, 1.165) is 0 Å². The SMILES string of the molecule is COC(=O)C[C@H]1CC2(OCCO2)[C@H](C)[C@@H](c2ccccc2)N1. The Kier molecular flexibility index (Phi) is 4.47. The molecule has 2 heterocycles. The molecule has 3 atom stereocenters. The quantitative estimate of drug-likeness (QED) is 0.866. The van der Waals surface area contributed by atoms with E-state index < -0.39 is 5.79 Å². The number of rotatable bonds is 3. The predicted molar refractivity (Wildman–Crippen MR) is 81.2 cm³/mol. The summed E-state index contributed by atoms with van der Waals surface area (Å²) in [7, 11) is 1.42. The Labute approximate surface area is 130 Å². The minimum atomic E-state index is -0.607. The third-order valence-corrected chi connectivity index (χ3v) is 4.72. The van der Waals surface area contributed by atoms with Crippen molar-refractivity contribution < 1.29 is 19.0 Å². The van der Waals surface area contributed by atoms with Crippen LogP contribution < -0.4 is 5.32 Å². The number of ether oxygens (including phenoxy) is 3. The van der Waals surface area contributed by atoms with E-state index in [1.807, 2.05) is 18.2 Å². The first kappa shape index (κ1) is 15.5. The molecule has 3 rings (SSSR count). The third kappa shape index (κ3) is 2.89. The molecular formula is C17H23NO4. The number of hydrogen-bond donors (Lipinski definition) is 1. The lowest BCUT2D eigenvalue weighted by atomic mass is 9.79. The van der Waals surface area contributed by atoms with Crippen molar-refractivity contribution in [3.8, 4) is 0 Å². The van der Waals surface area contributed by atoms with Crippen LogP contribution in [-0.2, 0) is 19.0 Å². The molecule has 0 aromatic heterocycles. The molecular weight excluding hydrogens is 282 g/mol. The first-order valence-electron chi connectivity index (χ1n) is 7.80. The highest BCUT2D eigenvalue weighted by Crippen LogP contribution is 2.44. The maximum atomic E-state index is 11.7. The Morgan fingerprint density at radius 2 is 2.00 bits per heavy atom. The molecule has 0 amide bonds. The van der Waals surface area contributed by atoms with Crippen LogP contribution in [0.3, 0.4) is 0 Å². The number of esters is 1. The van der Waals surface area contributed by atoms with Crippen LogP contribution in [0.2, 0.25) is 0 Å². The number of nitrogens with one attached hydrogen (secondary N) is 1. The average Bonchev–Trinajstić information content (AvgIpc) is 3.00. The summed E-state index contributed by atoms with van der Waals surface area (Å²) in [5.74, 6) is -0.664. The highest BCUT2D eigenvalue weighted by Gasteiger charge is 2.51. The van der Waals surface area contributed by atoms with E-state index in [0.29, 0.717) is 26.1 Å².